The van der Waals surface area contributed by atoms with Crippen molar-refractivity contribution in [2.75, 3.05) is 24.3 Å². The van der Waals surface area contributed by atoms with Gasteiger partial charge in [-0.25, -0.2) is 4.39 Å². The predicted molar refractivity (Wildman–Crippen MR) is 68.6 cm³/mol. The number of nitrogens with zero attached hydrogens (tertiary/aromatic N) is 1. The fraction of sp³-hybridized carbons (Fsp3) is 0.417. The van der Waals surface area contributed by atoms with Gasteiger partial charge in [0.05, 0.1) is 5.56 Å². The van der Waals surface area contributed by atoms with Crippen molar-refractivity contribution in [3.8, 4) is 0 Å². The SMILES string of the molecule is CN(C(=O)c1ccc(F)cc1N)C1CCSC1. The van der Waals surface area contributed by atoms with Gasteiger partial charge < -0.3 is 10.6 Å². The number of amides is 1. The molecule has 1 amide bonds. The van der Waals surface area contributed by atoms with E-state index in [2.05, 4.69) is 0 Å². The third-order valence-electron chi connectivity index (χ3n) is 3.02. The molecule has 1 aromatic rings. The first-order valence-electron chi connectivity index (χ1n) is 5.49. The second kappa shape index (κ2) is 4.96. The molecule has 17 heavy (non-hydrogen) atoms. The highest BCUT2D eigenvalue weighted by atomic mass is 32.2. The second-order valence-corrected chi connectivity index (χ2v) is 5.31. The van der Waals surface area contributed by atoms with Crippen molar-refractivity contribution in [1.82, 2.24) is 4.90 Å². The van der Waals surface area contributed by atoms with Crippen molar-refractivity contribution >= 4 is 23.4 Å². The zero-order chi connectivity index (χ0) is 12.4. The molecule has 1 aliphatic rings. The summed E-state index contributed by atoms with van der Waals surface area (Å²) in [5.74, 6) is 1.50. The Bertz CT molecular complexity index is 433. The van der Waals surface area contributed by atoms with Crippen LogP contribution in [0.4, 0.5) is 10.1 Å². The standard InChI is InChI=1S/C12H15FN2OS/c1-15(9-4-5-17-7-9)12(16)10-3-2-8(13)6-11(10)14/h2-3,6,9H,4-5,7,14H2,1H3. The Labute approximate surface area is 104 Å². The van der Waals surface area contributed by atoms with Gasteiger partial charge in [-0.3, -0.25) is 4.79 Å². The van der Waals surface area contributed by atoms with Gasteiger partial charge in [-0.05, 0) is 30.4 Å². The van der Waals surface area contributed by atoms with Crippen LogP contribution in [0.2, 0.25) is 0 Å². The van der Waals surface area contributed by atoms with Gasteiger partial charge in [0.25, 0.3) is 5.91 Å². The number of hydrogen-bond donors (Lipinski definition) is 1. The van der Waals surface area contributed by atoms with Crippen LogP contribution in [0, 0.1) is 5.82 Å². The van der Waals surface area contributed by atoms with E-state index < -0.39 is 5.82 Å². The molecule has 0 bridgehead atoms. The molecule has 1 aromatic carbocycles. The summed E-state index contributed by atoms with van der Waals surface area (Å²) in [5, 5.41) is 0. The molecule has 1 saturated heterocycles. The summed E-state index contributed by atoms with van der Waals surface area (Å²) in [6.07, 6.45) is 1.01. The molecule has 2 N–H and O–H groups in total. The van der Waals surface area contributed by atoms with Crippen LogP contribution in [0.5, 0.6) is 0 Å². The Morgan fingerprint density at radius 1 is 1.59 bits per heavy atom. The summed E-state index contributed by atoms with van der Waals surface area (Å²) in [4.78, 5) is 13.9. The highest BCUT2D eigenvalue weighted by Crippen LogP contribution is 2.24. The van der Waals surface area contributed by atoms with Gasteiger partial charge in [0.15, 0.2) is 0 Å². The lowest BCUT2D eigenvalue weighted by Gasteiger charge is -2.24. The number of thioether (sulfide) groups is 1. The molecule has 1 fully saturated rings. The molecule has 0 aromatic heterocycles. The van der Waals surface area contributed by atoms with Gasteiger partial charge in [-0.1, -0.05) is 0 Å². The van der Waals surface area contributed by atoms with Crippen molar-refractivity contribution in [3.05, 3.63) is 29.6 Å². The van der Waals surface area contributed by atoms with E-state index in [1.165, 1.54) is 18.2 Å². The number of nitrogens with two attached hydrogens (primary N) is 1. The van der Waals surface area contributed by atoms with Crippen molar-refractivity contribution in [2.24, 2.45) is 0 Å². The Hall–Kier alpha value is -1.23. The van der Waals surface area contributed by atoms with E-state index in [4.69, 9.17) is 5.73 Å². The molecule has 0 radical (unpaired) electrons. The molecule has 0 aliphatic carbocycles. The minimum Gasteiger partial charge on any atom is -0.398 e. The Balaban J connectivity index is 2.18. The number of halogens is 1. The summed E-state index contributed by atoms with van der Waals surface area (Å²) >= 11 is 1.84. The number of carbonyl (C=O) groups is 1. The van der Waals surface area contributed by atoms with Gasteiger partial charge in [0, 0.05) is 24.5 Å². The van der Waals surface area contributed by atoms with Crippen LogP contribution in [-0.2, 0) is 0 Å². The number of anilines is 1. The highest BCUT2D eigenvalue weighted by molar-refractivity contribution is 7.99. The highest BCUT2D eigenvalue weighted by Gasteiger charge is 2.25. The average Bonchev–Trinajstić information content (AvgIpc) is 2.80. The number of rotatable bonds is 2. The second-order valence-electron chi connectivity index (χ2n) is 4.17. The first-order chi connectivity index (χ1) is 8.09. The van der Waals surface area contributed by atoms with E-state index in [0.29, 0.717) is 5.56 Å². The van der Waals surface area contributed by atoms with Crippen LogP contribution in [0.25, 0.3) is 0 Å². The molecular weight excluding hydrogens is 239 g/mol. The fourth-order valence-corrected chi connectivity index (χ4v) is 3.18. The Morgan fingerprint density at radius 2 is 2.35 bits per heavy atom. The predicted octanol–water partition coefficient (Wildman–Crippen LogP) is 1.99. The van der Waals surface area contributed by atoms with Crippen molar-refractivity contribution in [2.45, 2.75) is 12.5 Å². The van der Waals surface area contributed by atoms with Gasteiger partial charge >= 0.3 is 0 Å². The van der Waals surface area contributed by atoms with Crippen LogP contribution in [0.15, 0.2) is 18.2 Å². The van der Waals surface area contributed by atoms with Crippen LogP contribution in [0.1, 0.15) is 16.8 Å². The molecule has 2 rings (SSSR count). The van der Waals surface area contributed by atoms with Crippen molar-refractivity contribution in [1.29, 1.82) is 0 Å². The monoisotopic (exact) mass is 254 g/mol. The minimum atomic E-state index is -0.418. The molecule has 5 heteroatoms. The van der Waals surface area contributed by atoms with E-state index in [1.807, 2.05) is 11.8 Å². The van der Waals surface area contributed by atoms with Crippen molar-refractivity contribution in [3.63, 3.8) is 0 Å². The van der Waals surface area contributed by atoms with Crippen LogP contribution < -0.4 is 5.73 Å². The van der Waals surface area contributed by atoms with E-state index >= 15 is 0 Å². The van der Waals surface area contributed by atoms with E-state index in [9.17, 15) is 9.18 Å². The zero-order valence-corrected chi connectivity index (χ0v) is 10.5. The Kier molecular flexibility index (Phi) is 3.57. The minimum absolute atomic E-state index is 0.130. The molecule has 1 atom stereocenters. The number of benzene rings is 1. The lowest BCUT2D eigenvalue weighted by molar-refractivity contribution is 0.0749. The lowest BCUT2D eigenvalue weighted by atomic mass is 10.1. The third kappa shape index (κ3) is 2.54. The molecule has 1 aliphatic heterocycles. The number of carbonyl (C=O) groups excluding carboxylic acids is 1. The summed E-state index contributed by atoms with van der Waals surface area (Å²) in [6.45, 7) is 0. The first kappa shape index (κ1) is 12.2. The largest absolute Gasteiger partial charge is 0.398 e. The average molecular weight is 254 g/mol. The van der Waals surface area contributed by atoms with E-state index in [0.717, 1.165) is 17.9 Å². The number of hydrogen-bond acceptors (Lipinski definition) is 3. The van der Waals surface area contributed by atoms with Crippen LogP contribution in [0.3, 0.4) is 0 Å². The fourth-order valence-electron chi connectivity index (χ4n) is 1.91. The molecule has 1 unspecified atom stereocenters. The first-order valence-corrected chi connectivity index (χ1v) is 6.65. The molecular formula is C12H15FN2OS. The number of nitrogen functional groups attached to an aromatic ring is 1. The van der Waals surface area contributed by atoms with Crippen LogP contribution in [-0.4, -0.2) is 35.4 Å². The maximum Gasteiger partial charge on any atom is 0.255 e. The van der Waals surface area contributed by atoms with E-state index in [1.54, 1.807) is 11.9 Å². The molecule has 0 spiro atoms. The maximum atomic E-state index is 12.9. The zero-order valence-electron chi connectivity index (χ0n) is 9.65. The molecule has 3 nitrogen and oxygen atoms in total. The smallest absolute Gasteiger partial charge is 0.255 e. The summed E-state index contributed by atoms with van der Waals surface area (Å²) in [5.41, 5.74) is 6.25. The topological polar surface area (TPSA) is 46.3 Å². The molecule has 0 saturated carbocycles. The van der Waals surface area contributed by atoms with Gasteiger partial charge in [-0.15, -0.1) is 0 Å². The van der Waals surface area contributed by atoms with E-state index in [-0.39, 0.29) is 17.6 Å². The van der Waals surface area contributed by atoms with Gasteiger partial charge in [0.2, 0.25) is 0 Å². The third-order valence-corrected chi connectivity index (χ3v) is 4.16. The van der Waals surface area contributed by atoms with Gasteiger partial charge in [-0.2, -0.15) is 11.8 Å². The van der Waals surface area contributed by atoms with Crippen molar-refractivity contribution < 1.29 is 9.18 Å². The van der Waals surface area contributed by atoms with Gasteiger partial charge in [0.1, 0.15) is 5.82 Å². The molecule has 92 valence electrons. The summed E-state index contributed by atoms with van der Waals surface area (Å²) in [6, 6.07) is 4.16. The summed E-state index contributed by atoms with van der Waals surface area (Å²) in [7, 11) is 1.78. The lowest BCUT2D eigenvalue weighted by Crippen LogP contribution is -2.37. The quantitative estimate of drug-likeness (QED) is 0.821. The normalized spacial score (nSPS) is 19.3. The Morgan fingerprint density at radius 3 is 2.94 bits per heavy atom. The molecule has 1 heterocycles. The maximum absolute atomic E-state index is 12.9. The van der Waals surface area contributed by atoms with Crippen LogP contribution >= 0.6 is 11.8 Å². The summed E-state index contributed by atoms with van der Waals surface area (Å²) < 4.78 is 12.9.